The number of carbonyl (C=O) groups excluding carboxylic acids is 1. The smallest absolute Gasteiger partial charge is 0.248 e. The number of benzene rings is 1. The van der Waals surface area contributed by atoms with Crippen LogP contribution in [0.15, 0.2) is 18.2 Å². The highest BCUT2D eigenvalue weighted by molar-refractivity contribution is 5.77. The number of hydrogen-bond acceptors (Lipinski definition) is 7. The van der Waals surface area contributed by atoms with E-state index in [2.05, 4.69) is 0 Å². The second-order valence-corrected chi connectivity index (χ2v) is 8.41. The van der Waals surface area contributed by atoms with Crippen LogP contribution in [0.2, 0.25) is 0 Å². The van der Waals surface area contributed by atoms with Gasteiger partial charge in [0.15, 0.2) is 0 Å². The third kappa shape index (κ3) is 6.81. The normalized spacial score (nSPS) is 24.6. The van der Waals surface area contributed by atoms with Crippen LogP contribution < -0.4 is 4.74 Å². The van der Waals surface area contributed by atoms with Gasteiger partial charge in [-0.25, -0.2) is 8.78 Å². The van der Waals surface area contributed by atoms with Crippen LogP contribution in [0.25, 0.3) is 0 Å². The minimum Gasteiger partial charge on any atom is -0.490 e. The number of hydrogen-bond donors (Lipinski definition) is 2. The molecule has 174 valence electrons. The first kappa shape index (κ1) is 23.8. The number of nitrogens with zero attached hydrogens (tertiary/aromatic N) is 2. The van der Waals surface area contributed by atoms with Crippen molar-refractivity contribution in [3.63, 3.8) is 0 Å². The highest BCUT2D eigenvalue weighted by atomic mass is 19.1. The molecule has 0 spiro atoms. The maximum absolute atomic E-state index is 13.5. The Kier molecular flexibility index (Phi) is 7.82. The van der Waals surface area contributed by atoms with Crippen molar-refractivity contribution in [1.29, 1.82) is 0 Å². The van der Waals surface area contributed by atoms with Crippen LogP contribution in [0.4, 0.5) is 8.78 Å². The molecule has 1 atom stereocenters. The van der Waals surface area contributed by atoms with Crippen molar-refractivity contribution in [3.8, 4) is 5.75 Å². The zero-order valence-corrected chi connectivity index (χ0v) is 17.7. The third-order valence-electron chi connectivity index (χ3n) is 5.59. The van der Waals surface area contributed by atoms with Gasteiger partial charge < -0.3 is 29.3 Å². The van der Waals surface area contributed by atoms with Gasteiger partial charge in [0.25, 0.3) is 0 Å². The van der Waals surface area contributed by atoms with E-state index < -0.39 is 22.8 Å². The van der Waals surface area contributed by atoms with Crippen LogP contribution in [-0.2, 0) is 14.3 Å². The highest BCUT2D eigenvalue weighted by Crippen LogP contribution is 2.25. The Bertz CT molecular complexity index is 741. The molecule has 2 heterocycles. The van der Waals surface area contributed by atoms with E-state index in [-0.39, 0.29) is 38.0 Å². The molecule has 8 nitrogen and oxygen atoms in total. The number of halogens is 2. The summed E-state index contributed by atoms with van der Waals surface area (Å²) in [5.41, 5.74) is -2.47. The van der Waals surface area contributed by atoms with E-state index in [0.29, 0.717) is 45.7 Å². The minimum atomic E-state index is -1.52. The summed E-state index contributed by atoms with van der Waals surface area (Å²) in [6, 6.07) is 2.79. The van der Waals surface area contributed by atoms with Crippen LogP contribution in [0.5, 0.6) is 5.75 Å². The fourth-order valence-electron chi connectivity index (χ4n) is 4.05. The Balaban J connectivity index is 1.74. The standard InChI is InChI=1S/C21H30F2N2O6/c1-29-11-19(26)25-5-4-24(12-20(27)2-6-30-7-3-20)13-21(28,14-25)15-31-18-9-16(22)8-17(23)10-18/h8-10,27-28H,2-7,11-15H2,1H3. The van der Waals surface area contributed by atoms with Gasteiger partial charge in [-0.3, -0.25) is 9.69 Å². The van der Waals surface area contributed by atoms with E-state index in [4.69, 9.17) is 14.2 Å². The molecule has 1 aromatic carbocycles. The van der Waals surface area contributed by atoms with Crippen LogP contribution in [0.1, 0.15) is 12.8 Å². The molecule has 2 saturated heterocycles. The first-order valence-corrected chi connectivity index (χ1v) is 10.3. The predicted molar refractivity (Wildman–Crippen MR) is 107 cm³/mol. The average Bonchev–Trinajstić information content (AvgIpc) is 2.85. The van der Waals surface area contributed by atoms with Crippen LogP contribution in [0.3, 0.4) is 0 Å². The van der Waals surface area contributed by atoms with Gasteiger partial charge in [0.1, 0.15) is 36.2 Å². The molecule has 0 saturated carbocycles. The molecule has 2 fully saturated rings. The maximum atomic E-state index is 13.5. The van der Waals surface area contributed by atoms with Gasteiger partial charge in [-0.05, 0) is 0 Å². The second kappa shape index (κ2) is 10.2. The molecule has 1 amide bonds. The van der Waals surface area contributed by atoms with E-state index in [1.165, 1.54) is 12.0 Å². The molecule has 31 heavy (non-hydrogen) atoms. The van der Waals surface area contributed by atoms with Crippen molar-refractivity contribution in [2.75, 3.05) is 66.3 Å². The van der Waals surface area contributed by atoms with Crippen molar-refractivity contribution >= 4 is 5.91 Å². The van der Waals surface area contributed by atoms with Gasteiger partial charge in [-0.1, -0.05) is 0 Å². The second-order valence-electron chi connectivity index (χ2n) is 8.41. The Morgan fingerprint density at radius 3 is 2.42 bits per heavy atom. The summed E-state index contributed by atoms with van der Waals surface area (Å²) in [6.07, 6.45) is 0.959. The summed E-state index contributed by atoms with van der Waals surface area (Å²) in [5, 5.41) is 22.2. The fourth-order valence-corrected chi connectivity index (χ4v) is 4.05. The molecule has 0 radical (unpaired) electrons. The maximum Gasteiger partial charge on any atom is 0.248 e. The van der Waals surface area contributed by atoms with Gasteiger partial charge >= 0.3 is 0 Å². The lowest BCUT2D eigenvalue weighted by Gasteiger charge is -2.38. The summed E-state index contributed by atoms with van der Waals surface area (Å²) >= 11 is 0. The first-order valence-electron chi connectivity index (χ1n) is 10.3. The molecule has 3 rings (SSSR count). The Morgan fingerprint density at radius 2 is 1.77 bits per heavy atom. The van der Waals surface area contributed by atoms with E-state index in [9.17, 15) is 23.8 Å². The Hall–Kier alpha value is -1.85. The molecule has 2 N–H and O–H groups in total. The molecule has 0 bridgehead atoms. The summed E-state index contributed by atoms with van der Waals surface area (Å²) in [7, 11) is 1.41. The van der Waals surface area contributed by atoms with Gasteiger partial charge in [-0.15, -0.1) is 0 Å². The molecule has 2 aliphatic rings. The monoisotopic (exact) mass is 444 g/mol. The molecule has 1 aromatic rings. The minimum absolute atomic E-state index is 0.0367. The quantitative estimate of drug-likeness (QED) is 0.629. The van der Waals surface area contributed by atoms with Crippen molar-refractivity contribution in [3.05, 3.63) is 29.8 Å². The van der Waals surface area contributed by atoms with E-state index in [0.717, 1.165) is 18.2 Å². The Labute approximate surface area is 180 Å². The number of β-amino-alcohol motifs (C(OH)–C–C–N with tert-alkyl or cyclic N) is 2. The number of aliphatic hydroxyl groups is 2. The number of carbonyl (C=O) groups is 1. The number of methoxy groups -OCH3 is 1. The Morgan fingerprint density at radius 1 is 1.10 bits per heavy atom. The van der Waals surface area contributed by atoms with Crippen LogP contribution in [-0.4, -0.2) is 103 Å². The topological polar surface area (TPSA) is 91.7 Å². The van der Waals surface area contributed by atoms with Gasteiger partial charge in [0, 0.05) is 77.5 Å². The average molecular weight is 444 g/mol. The van der Waals surface area contributed by atoms with Crippen molar-refractivity contribution < 1.29 is 38.0 Å². The molecule has 1 unspecified atom stereocenters. The number of rotatable bonds is 7. The molecular weight excluding hydrogens is 414 g/mol. The lowest BCUT2D eigenvalue weighted by atomic mass is 9.93. The fraction of sp³-hybridized carbons (Fsp3) is 0.667. The molecule has 10 heteroatoms. The molecular formula is C21H30F2N2O6. The van der Waals surface area contributed by atoms with Gasteiger partial charge in [0.05, 0.1) is 12.1 Å². The van der Waals surface area contributed by atoms with Crippen molar-refractivity contribution in [2.24, 2.45) is 0 Å². The lowest BCUT2D eigenvalue weighted by Crippen LogP contribution is -2.55. The molecule has 0 aromatic heterocycles. The molecule has 0 aliphatic carbocycles. The van der Waals surface area contributed by atoms with Crippen LogP contribution in [0, 0.1) is 11.6 Å². The summed E-state index contributed by atoms with van der Waals surface area (Å²) in [6.45, 7) is 1.66. The summed E-state index contributed by atoms with van der Waals surface area (Å²) in [4.78, 5) is 15.8. The summed E-state index contributed by atoms with van der Waals surface area (Å²) < 4.78 is 42.7. The van der Waals surface area contributed by atoms with Crippen molar-refractivity contribution in [1.82, 2.24) is 9.80 Å². The molecule has 2 aliphatic heterocycles. The van der Waals surface area contributed by atoms with E-state index in [1.807, 2.05) is 4.90 Å². The van der Waals surface area contributed by atoms with Gasteiger partial charge in [0.2, 0.25) is 5.91 Å². The van der Waals surface area contributed by atoms with Gasteiger partial charge in [-0.2, -0.15) is 0 Å². The predicted octanol–water partition coefficient (Wildman–Crippen LogP) is 0.407. The third-order valence-corrected chi connectivity index (χ3v) is 5.59. The van der Waals surface area contributed by atoms with E-state index >= 15 is 0 Å². The largest absolute Gasteiger partial charge is 0.490 e. The summed E-state index contributed by atoms with van der Waals surface area (Å²) in [5.74, 6) is -1.92. The van der Waals surface area contributed by atoms with E-state index in [1.54, 1.807) is 0 Å². The SMILES string of the molecule is COCC(=O)N1CCN(CC2(O)CCOCC2)CC(O)(COc2cc(F)cc(F)c2)C1. The van der Waals surface area contributed by atoms with Crippen LogP contribution >= 0.6 is 0 Å². The zero-order valence-electron chi connectivity index (χ0n) is 17.7. The number of amides is 1. The first-order chi connectivity index (χ1) is 14.7. The van der Waals surface area contributed by atoms with Crippen molar-refractivity contribution in [2.45, 2.75) is 24.0 Å². The highest BCUT2D eigenvalue weighted by Gasteiger charge is 2.40. The number of ether oxygens (including phenoxy) is 3. The lowest BCUT2D eigenvalue weighted by molar-refractivity contribution is -0.138. The zero-order chi connectivity index (χ0) is 22.5.